The van der Waals surface area contributed by atoms with Crippen molar-refractivity contribution in [2.45, 2.75) is 24.8 Å². The van der Waals surface area contributed by atoms with Crippen molar-refractivity contribution in [2.75, 3.05) is 13.6 Å². The van der Waals surface area contributed by atoms with E-state index in [4.69, 9.17) is 0 Å². The van der Waals surface area contributed by atoms with Crippen LogP contribution in [0, 0.1) is 0 Å². The monoisotopic (exact) mass is 229 g/mol. The van der Waals surface area contributed by atoms with E-state index in [1.54, 1.807) is 11.1 Å². The highest BCUT2D eigenvalue weighted by Crippen LogP contribution is 2.36. The molecular formula is C13H15N3O. The summed E-state index contributed by atoms with van der Waals surface area (Å²) in [7, 11) is 1.85. The minimum Gasteiger partial charge on any atom is -0.344 e. The predicted molar refractivity (Wildman–Crippen MR) is 65.0 cm³/mol. The fraction of sp³-hybridized carbons (Fsp3) is 0.462. The van der Waals surface area contributed by atoms with Gasteiger partial charge in [0.15, 0.2) is 0 Å². The maximum atomic E-state index is 12.1. The number of pyridine rings is 1. The maximum Gasteiger partial charge on any atom is 0.250 e. The molecule has 2 aliphatic heterocycles. The first kappa shape index (κ1) is 10.4. The third kappa shape index (κ3) is 1.55. The Hall–Kier alpha value is -1.71. The number of carbonyl (C=O) groups excluding carboxylic acids is 1. The van der Waals surface area contributed by atoms with Crippen molar-refractivity contribution in [1.29, 1.82) is 0 Å². The van der Waals surface area contributed by atoms with Gasteiger partial charge in [-0.1, -0.05) is 6.07 Å². The standard InChI is InChI=1S/C13H15N3O/c1-16-9-7-13(12(16)17)6-5-11(15-13)10-4-2-3-8-14-10/h2-4,8H,5-7,9H2,1H3. The molecule has 1 aromatic heterocycles. The summed E-state index contributed by atoms with van der Waals surface area (Å²) >= 11 is 0. The summed E-state index contributed by atoms with van der Waals surface area (Å²) in [4.78, 5) is 22.9. The number of rotatable bonds is 1. The van der Waals surface area contributed by atoms with Crippen molar-refractivity contribution in [3.05, 3.63) is 30.1 Å². The number of likely N-dealkylation sites (tertiary alicyclic amines) is 1. The molecule has 4 nitrogen and oxygen atoms in total. The van der Waals surface area contributed by atoms with Crippen LogP contribution in [0.5, 0.6) is 0 Å². The number of likely N-dealkylation sites (N-methyl/N-ethyl adjacent to an activating group) is 1. The summed E-state index contributed by atoms with van der Waals surface area (Å²) in [6, 6.07) is 5.81. The molecular weight excluding hydrogens is 214 g/mol. The second kappa shape index (κ2) is 3.65. The van der Waals surface area contributed by atoms with Crippen molar-refractivity contribution in [1.82, 2.24) is 9.88 Å². The quantitative estimate of drug-likeness (QED) is 0.728. The van der Waals surface area contributed by atoms with Gasteiger partial charge >= 0.3 is 0 Å². The van der Waals surface area contributed by atoms with E-state index in [0.717, 1.165) is 37.2 Å². The average Bonchev–Trinajstić information content (AvgIpc) is 2.92. The first-order valence-electron chi connectivity index (χ1n) is 5.97. The van der Waals surface area contributed by atoms with Crippen LogP contribution in [-0.4, -0.2) is 40.6 Å². The summed E-state index contributed by atoms with van der Waals surface area (Å²) in [5, 5.41) is 0. The Labute approximate surface area is 100 Å². The molecule has 17 heavy (non-hydrogen) atoms. The lowest BCUT2D eigenvalue weighted by Crippen LogP contribution is -2.35. The number of hydrogen-bond donors (Lipinski definition) is 0. The predicted octanol–water partition coefficient (Wildman–Crippen LogP) is 1.27. The topological polar surface area (TPSA) is 45.6 Å². The van der Waals surface area contributed by atoms with Crippen LogP contribution < -0.4 is 0 Å². The zero-order chi connectivity index (χ0) is 11.9. The van der Waals surface area contributed by atoms with E-state index >= 15 is 0 Å². The smallest absolute Gasteiger partial charge is 0.250 e. The molecule has 3 heterocycles. The van der Waals surface area contributed by atoms with Gasteiger partial charge in [-0.25, -0.2) is 0 Å². The average molecular weight is 229 g/mol. The molecule has 0 N–H and O–H groups in total. The highest BCUT2D eigenvalue weighted by molar-refractivity contribution is 6.04. The fourth-order valence-electron chi connectivity index (χ4n) is 2.67. The molecule has 0 aliphatic carbocycles. The number of carbonyl (C=O) groups is 1. The highest BCUT2D eigenvalue weighted by atomic mass is 16.2. The van der Waals surface area contributed by atoms with Crippen LogP contribution in [0.3, 0.4) is 0 Å². The molecule has 0 aromatic carbocycles. The van der Waals surface area contributed by atoms with Gasteiger partial charge < -0.3 is 4.90 Å². The van der Waals surface area contributed by atoms with E-state index in [1.165, 1.54) is 0 Å². The van der Waals surface area contributed by atoms with Gasteiger partial charge in [-0.05, 0) is 31.4 Å². The number of aliphatic imine (C=N–C) groups is 1. The minimum atomic E-state index is -0.471. The van der Waals surface area contributed by atoms with Crippen molar-refractivity contribution in [2.24, 2.45) is 4.99 Å². The summed E-state index contributed by atoms with van der Waals surface area (Å²) in [5.74, 6) is 0.170. The zero-order valence-corrected chi connectivity index (χ0v) is 9.89. The van der Waals surface area contributed by atoms with Crippen molar-refractivity contribution < 1.29 is 4.79 Å². The number of hydrogen-bond acceptors (Lipinski definition) is 3. The molecule has 1 amide bonds. The fourth-order valence-corrected chi connectivity index (χ4v) is 2.67. The molecule has 1 atom stereocenters. The maximum absolute atomic E-state index is 12.1. The Balaban J connectivity index is 1.94. The third-order valence-electron chi connectivity index (χ3n) is 3.69. The molecule has 1 saturated heterocycles. The van der Waals surface area contributed by atoms with Crippen LogP contribution in [0.1, 0.15) is 25.0 Å². The second-order valence-electron chi connectivity index (χ2n) is 4.78. The van der Waals surface area contributed by atoms with Crippen molar-refractivity contribution in [3.63, 3.8) is 0 Å². The van der Waals surface area contributed by atoms with E-state index < -0.39 is 5.54 Å². The Morgan fingerprint density at radius 2 is 2.24 bits per heavy atom. The van der Waals surface area contributed by atoms with Crippen LogP contribution >= 0.6 is 0 Å². The lowest BCUT2D eigenvalue weighted by Gasteiger charge is -2.16. The largest absolute Gasteiger partial charge is 0.344 e. The van der Waals surface area contributed by atoms with E-state index in [1.807, 2.05) is 25.2 Å². The van der Waals surface area contributed by atoms with E-state index in [9.17, 15) is 4.79 Å². The van der Waals surface area contributed by atoms with E-state index in [0.29, 0.717) is 0 Å². The molecule has 0 radical (unpaired) electrons. The number of nitrogens with zero attached hydrogens (tertiary/aromatic N) is 3. The first-order valence-corrected chi connectivity index (χ1v) is 5.97. The number of amides is 1. The molecule has 1 aromatic rings. The molecule has 0 saturated carbocycles. The Bertz CT molecular complexity index is 483. The molecule has 0 bridgehead atoms. The van der Waals surface area contributed by atoms with Gasteiger partial charge in [-0.3, -0.25) is 14.8 Å². The van der Waals surface area contributed by atoms with Gasteiger partial charge in [0.1, 0.15) is 5.54 Å². The Morgan fingerprint density at radius 1 is 1.35 bits per heavy atom. The Kier molecular flexibility index (Phi) is 2.24. The third-order valence-corrected chi connectivity index (χ3v) is 3.69. The van der Waals surface area contributed by atoms with Crippen molar-refractivity contribution >= 4 is 11.6 Å². The zero-order valence-electron chi connectivity index (χ0n) is 9.89. The van der Waals surface area contributed by atoms with Crippen molar-refractivity contribution in [3.8, 4) is 0 Å². The summed E-state index contributed by atoms with van der Waals surface area (Å²) in [5.41, 5.74) is 1.42. The molecule has 88 valence electrons. The van der Waals surface area contributed by atoms with Gasteiger partial charge in [0.2, 0.25) is 5.91 Å². The lowest BCUT2D eigenvalue weighted by molar-refractivity contribution is -0.130. The van der Waals surface area contributed by atoms with Crippen LogP contribution in [0.4, 0.5) is 0 Å². The molecule has 4 heteroatoms. The van der Waals surface area contributed by atoms with Gasteiger partial charge in [0.25, 0.3) is 0 Å². The number of aromatic nitrogens is 1. The van der Waals surface area contributed by atoms with E-state index in [-0.39, 0.29) is 5.91 Å². The summed E-state index contributed by atoms with van der Waals surface area (Å²) in [6.07, 6.45) is 4.31. The van der Waals surface area contributed by atoms with Crippen LogP contribution in [0.25, 0.3) is 0 Å². The van der Waals surface area contributed by atoms with Crippen LogP contribution in [0.2, 0.25) is 0 Å². The molecule has 1 unspecified atom stereocenters. The normalized spacial score (nSPS) is 27.9. The SMILES string of the molecule is CN1CCC2(CCC(c3ccccn3)=N2)C1=O. The summed E-state index contributed by atoms with van der Waals surface area (Å²) < 4.78 is 0. The molecule has 3 rings (SSSR count). The first-order chi connectivity index (χ1) is 8.21. The second-order valence-corrected chi connectivity index (χ2v) is 4.78. The molecule has 1 spiro atoms. The Morgan fingerprint density at radius 3 is 2.88 bits per heavy atom. The van der Waals surface area contributed by atoms with Gasteiger partial charge in [0.05, 0.1) is 11.4 Å². The van der Waals surface area contributed by atoms with Crippen LogP contribution in [0.15, 0.2) is 29.4 Å². The van der Waals surface area contributed by atoms with Gasteiger partial charge in [-0.15, -0.1) is 0 Å². The minimum absolute atomic E-state index is 0.170. The molecule has 1 fully saturated rings. The highest BCUT2D eigenvalue weighted by Gasteiger charge is 2.48. The van der Waals surface area contributed by atoms with E-state index in [2.05, 4.69) is 9.98 Å². The van der Waals surface area contributed by atoms with Crippen LogP contribution in [-0.2, 0) is 4.79 Å². The molecule has 2 aliphatic rings. The summed E-state index contributed by atoms with van der Waals surface area (Å²) in [6.45, 7) is 0.817. The van der Waals surface area contributed by atoms with Gasteiger partial charge in [-0.2, -0.15) is 0 Å². The van der Waals surface area contributed by atoms with Gasteiger partial charge in [0, 0.05) is 19.8 Å². The lowest BCUT2D eigenvalue weighted by atomic mass is 9.95.